The first kappa shape index (κ1) is 35.9. The van der Waals surface area contributed by atoms with Crippen LogP contribution in [-0.2, 0) is 29.0 Å². The fraction of sp³-hybridized carbons (Fsp3) is 0.824. The van der Waals surface area contributed by atoms with Crippen molar-refractivity contribution in [1.82, 2.24) is 15.5 Å². The van der Waals surface area contributed by atoms with Gasteiger partial charge in [-0.25, -0.2) is 8.42 Å². The van der Waals surface area contributed by atoms with Crippen LogP contribution in [0.25, 0.3) is 4.85 Å². The fourth-order valence-corrected chi connectivity index (χ4v) is 9.20. The number of piperidine rings is 1. The van der Waals surface area contributed by atoms with Crippen molar-refractivity contribution in [3.05, 3.63) is 4.85 Å². The summed E-state index contributed by atoms with van der Waals surface area (Å²) in [6, 6.07) is 3.28. The highest BCUT2D eigenvalue weighted by atomic mass is 32.2. The van der Waals surface area contributed by atoms with Crippen LogP contribution in [0.3, 0.4) is 0 Å². The Labute approximate surface area is 274 Å². The van der Waals surface area contributed by atoms with Crippen LogP contribution in [0.4, 0.5) is 0 Å². The van der Waals surface area contributed by atoms with Gasteiger partial charge in [-0.15, -0.1) is 0 Å². The number of likely N-dealkylation sites (tertiary alicyclic amines) is 1. The van der Waals surface area contributed by atoms with Gasteiger partial charge in [0.15, 0.2) is 15.8 Å². The number of amides is 4. The minimum absolute atomic E-state index is 0.0978. The molecule has 2 saturated heterocycles. The van der Waals surface area contributed by atoms with Crippen LogP contribution >= 0.6 is 0 Å². The van der Waals surface area contributed by atoms with Crippen molar-refractivity contribution in [2.45, 2.75) is 117 Å². The lowest BCUT2D eigenvalue weighted by Gasteiger charge is -2.34. The van der Waals surface area contributed by atoms with E-state index in [1.807, 2.05) is 20.8 Å². The molecule has 0 bridgehead atoms. The largest absolute Gasteiger partial charge is 0.522 e. The van der Waals surface area contributed by atoms with Crippen LogP contribution < -0.4 is 10.6 Å². The van der Waals surface area contributed by atoms with E-state index < -0.39 is 55.2 Å². The molecule has 2 N–H and O–H groups in total. The average molecular weight is 659 g/mol. The lowest BCUT2D eigenvalue weighted by Crippen LogP contribution is -2.54. The number of rotatable bonds is 8. The van der Waals surface area contributed by atoms with Gasteiger partial charge < -0.3 is 15.5 Å². The van der Waals surface area contributed by atoms with E-state index in [4.69, 9.17) is 0 Å². The molecule has 6 atom stereocenters. The molecule has 2 saturated carbocycles. The summed E-state index contributed by atoms with van der Waals surface area (Å²) in [5.41, 5.74) is -2.04. The van der Waals surface area contributed by atoms with Crippen LogP contribution in [0.5, 0.6) is 0 Å². The summed E-state index contributed by atoms with van der Waals surface area (Å²) in [7, 11) is -3.62. The van der Waals surface area contributed by atoms with Gasteiger partial charge in [0.2, 0.25) is 17.7 Å². The molecule has 2 heterocycles. The Kier molecular flexibility index (Phi) is 9.79. The molecule has 4 aliphatic rings. The van der Waals surface area contributed by atoms with E-state index in [9.17, 15) is 32.9 Å². The van der Waals surface area contributed by atoms with E-state index in [0.717, 1.165) is 19.3 Å². The number of nitriles is 1. The van der Waals surface area contributed by atoms with Gasteiger partial charge in [0.1, 0.15) is 17.5 Å². The van der Waals surface area contributed by atoms with Gasteiger partial charge in [-0.3, -0.25) is 14.4 Å². The normalized spacial score (nSPS) is 28.1. The Balaban J connectivity index is 1.59. The topological polar surface area (TPSA) is 158 Å². The zero-order chi connectivity index (χ0) is 34.5. The first-order valence-electron chi connectivity index (χ1n) is 16.7. The summed E-state index contributed by atoms with van der Waals surface area (Å²) in [5.74, 6) is -3.11. The number of hydrogen-bond donors (Lipinski definition) is 2. The van der Waals surface area contributed by atoms with E-state index >= 15 is 0 Å². The van der Waals surface area contributed by atoms with Gasteiger partial charge in [-0.2, -0.15) is 10.1 Å². The van der Waals surface area contributed by atoms with Crippen LogP contribution in [0.2, 0.25) is 0 Å². The molecule has 4 fully saturated rings. The summed E-state index contributed by atoms with van der Waals surface area (Å²) in [6.07, 6.45) is 3.99. The van der Waals surface area contributed by atoms with E-state index in [-0.39, 0.29) is 47.2 Å². The monoisotopic (exact) mass is 658 g/mol. The third kappa shape index (κ3) is 6.98. The number of carbonyl (C=O) groups excluding carboxylic acids is 4. The maximum atomic E-state index is 14.3. The lowest BCUT2D eigenvalue weighted by molar-refractivity contribution is -0.144. The van der Waals surface area contributed by atoms with Gasteiger partial charge >= 0.3 is 12.0 Å². The fourth-order valence-electron chi connectivity index (χ4n) is 7.62. The molecule has 0 radical (unpaired) electrons. The number of nitrogens with one attached hydrogen (secondary N) is 2. The number of hydrogen-bond acceptors (Lipinski definition) is 7. The van der Waals surface area contributed by atoms with Gasteiger partial charge in [-0.05, 0) is 69.1 Å². The maximum absolute atomic E-state index is 14.3. The molecular formula is C34H52N5O6S+. The highest BCUT2D eigenvalue weighted by Gasteiger charge is 2.70. The summed E-state index contributed by atoms with van der Waals surface area (Å²) in [6.45, 7) is 15.5. The average Bonchev–Trinajstić information content (AvgIpc) is 3.28. The van der Waals surface area contributed by atoms with Crippen molar-refractivity contribution in [3.63, 3.8) is 0 Å². The van der Waals surface area contributed by atoms with E-state index in [1.54, 1.807) is 25.7 Å². The Hall–Kier alpha value is -2.99. The molecular weight excluding hydrogens is 606 g/mol. The van der Waals surface area contributed by atoms with Crippen LogP contribution in [-0.4, -0.2) is 72.6 Å². The van der Waals surface area contributed by atoms with Gasteiger partial charge in [0.05, 0.1) is 16.6 Å². The highest BCUT2D eigenvalue weighted by molar-refractivity contribution is 7.92. The van der Waals surface area contributed by atoms with Crippen molar-refractivity contribution >= 4 is 33.5 Å². The molecule has 11 nitrogen and oxygen atoms in total. The molecule has 2 aliphatic carbocycles. The Bertz CT molecular complexity index is 1470. The number of carbonyl (C=O) groups is 4. The molecule has 4 amide bonds. The number of fused-ring (bicyclic) bond motifs is 1. The third-order valence-corrected chi connectivity index (χ3v) is 13.8. The van der Waals surface area contributed by atoms with Crippen LogP contribution in [0, 0.1) is 57.3 Å². The third-order valence-electron chi connectivity index (χ3n) is 11.0. The first-order chi connectivity index (χ1) is 21.2. The molecule has 2 aliphatic heterocycles. The minimum atomic E-state index is -3.62. The summed E-state index contributed by atoms with van der Waals surface area (Å²) < 4.78 is 25.5. The standard InChI is InChI=1S/C34H51N5O6S/c1-31(2,3)23(18-37-30(43)34(13-10-9-11-14-34)20-46(44,45)32(4,5)6)29(42)39-19-24-25(33(24,7)8)26(39)28(41)38-22(17-35)16-21-12-15-36-27(21)40/h21-26H,9-16,19-20H2,1-8H3,(H-,36,38,40,41)/p+1/t21-,22-,23?,24-,25-,26-/m0/s1. The quantitative estimate of drug-likeness (QED) is 0.403. The van der Waals surface area contributed by atoms with Gasteiger partial charge in [0, 0.05) is 23.9 Å². The maximum Gasteiger partial charge on any atom is 0.522 e. The second-order valence-corrected chi connectivity index (χ2v) is 19.4. The summed E-state index contributed by atoms with van der Waals surface area (Å²) in [5, 5.41) is 15.4. The predicted molar refractivity (Wildman–Crippen MR) is 174 cm³/mol. The molecule has 1 unspecified atom stereocenters. The minimum Gasteiger partial charge on any atom is -0.356 e. The van der Waals surface area contributed by atoms with Crippen molar-refractivity contribution in [2.24, 2.45) is 39.9 Å². The smallest absolute Gasteiger partial charge is 0.356 e. The molecule has 46 heavy (non-hydrogen) atoms. The molecule has 4 rings (SSSR count). The number of nitrogens with zero attached hydrogens (tertiary/aromatic N) is 3. The Morgan fingerprint density at radius 1 is 1.11 bits per heavy atom. The zero-order valence-electron chi connectivity index (χ0n) is 28.7. The summed E-state index contributed by atoms with van der Waals surface area (Å²) >= 11 is 0. The van der Waals surface area contributed by atoms with E-state index in [2.05, 4.69) is 41.5 Å². The lowest BCUT2D eigenvalue weighted by atomic mass is 9.75. The molecule has 12 heteroatoms. The van der Waals surface area contributed by atoms with Crippen molar-refractivity contribution in [3.8, 4) is 12.1 Å². The summed E-state index contributed by atoms with van der Waals surface area (Å²) in [4.78, 5) is 59.8. The highest BCUT2D eigenvalue weighted by Crippen LogP contribution is 2.65. The van der Waals surface area contributed by atoms with Crippen LogP contribution in [0.1, 0.15) is 100 Å². The second-order valence-electron chi connectivity index (χ2n) is 16.6. The molecule has 0 aromatic rings. The van der Waals surface area contributed by atoms with E-state index in [0.29, 0.717) is 32.4 Å². The molecule has 0 spiro atoms. The van der Waals surface area contributed by atoms with Crippen molar-refractivity contribution in [1.29, 1.82) is 5.26 Å². The SMILES string of the molecule is CC(C)(C)C(C#[N+]C(=O)C1(CS(=O)(=O)C(C)(C)C)CCCCC1)C(=O)N1C[C@H]2[C@@H]([C@H]1C(=O)N[C@H](C#N)C[C@@H]1CCNC1=O)C2(C)C. The predicted octanol–water partition coefficient (Wildman–Crippen LogP) is 3.69. The number of sulfone groups is 1. The zero-order valence-corrected chi connectivity index (χ0v) is 29.6. The molecule has 0 aromatic carbocycles. The molecule has 0 aromatic heterocycles. The van der Waals surface area contributed by atoms with Crippen LogP contribution in [0.15, 0.2) is 0 Å². The second kappa shape index (κ2) is 12.6. The van der Waals surface area contributed by atoms with Gasteiger partial charge in [-0.1, -0.05) is 53.9 Å². The Morgan fingerprint density at radius 2 is 1.74 bits per heavy atom. The van der Waals surface area contributed by atoms with Crippen molar-refractivity contribution < 1.29 is 27.6 Å². The van der Waals surface area contributed by atoms with Gasteiger partial charge in [0.25, 0.3) is 0 Å². The Morgan fingerprint density at radius 3 is 2.26 bits per heavy atom. The first-order valence-corrected chi connectivity index (χ1v) is 18.3. The van der Waals surface area contributed by atoms with Crippen molar-refractivity contribution in [2.75, 3.05) is 18.8 Å². The van der Waals surface area contributed by atoms with E-state index in [1.165, 1.54) is 0 Å². The molecule has 254 valence electrons.